The average molecular weight is 239 g/mol. The first kappa shape index (κ1) is 15.9. The minimum atomic E-state index is -0.240. The molecular weight excluding hydrogens is 214 g/mol. The van der Waals surface area contributed by atoms with Crippen LogP contribution in [-0.4, -0.2) is 36.0 Å². The van der Waals surface area contributed by atoms with Crippen LogP contribution in [0.3, 0.4) is 0 Å². The van der Waals surface area contributed by atoms with Crippen molar-refractivity contribution >= 4 is 5.91 Å². The quantitative estimate of drug-likeness (QED) is 0.520. The van der Waals surface area contributed by atoms with Crippen molar-refractivity contribution < 1.29 is 4.79 Å². The summed E-state index contributed by atoms with van der Waals surface area (Å²) in [5.74, 6) is 0.0186. The van der Waals surface area contributed by atoms with Crippen molar-refractivity contribution in [3.8, 4) is 6.07 Å². The zero-order chi connectivity index (χ0) is 13.3. The second-order valence-electron chi connectivity index (χ2n) is 4.60. The molecule has 1 atom stereocenters. The first-order chi connectivity index (χ1) is 8.04. The molecule has 0 aromatic carbocycles. The van der Waals surface area contributed by atoms with Crippen LogP contribution in [0.15, 0.2) is 0 Å². The molecule has 1 amide bonds. The Morgan fingerprint density at radius 3 is 2.47 bits per heavy atom. The van der Waals surface area contributed by atoms with Crippen LogP contribution in [0, 0.1) is 11.3 Å². The van der Waals surface area contributed by atoms with E-state index in [-0.39, 0.29) is 18.0 Å². The molecule has 4 nitrogen and oxygen atoms in total. The van der Waals surface area contributed by atoms with E-state index in [4.69, 9.17) is 5.26 Å². The lowest BCUT2D eigenvalue weighted by atomic mass is 10.2. The summed E-state index contributed by atoms with van der Waals surface area (Å²) in [4.78, 5) is 13.8. The second-order valence-corrected chi connectivity index (χ2v) is 4.60. The third-order valence-electron chi connectivity index (χ3n) is 2.87. The smallest absolute Gasteiger partial charge is 0.237 e. The van der Waals surface area contributed by atoms with Gasteiger partial charge in [-0.3, -0.25) is 9.69 Å². The van der Waals surface area contributed by atoms with Gasteiger partial charge in [-0.05, 0) is 27.2 Å². The van der Waals surface area contributed by atoms with Gasteiger partial charge in [0.1, 0.15) is 0 Å². The van der Waals surface area contributed by atoms with E-state index in [2.05, 4.69) is 18.3 Å². The van der Waals surface area contributed by atoms with Crippen LogP contribution in [-0.2, 0) is 4.79 Å². The van der Waals surface area contributed by atoms with Crippen LogP contribution in [0.1, 0.15) is 47.0 Å². The molecule has 0 bridgehead atoms. The van der Waals surface area contributed by atoms with Crippen LogP contribution in [0.4, 0.5) is 0 Å². The Kier molecular flexibility index (Phi) is 8.43. The van der Waals surface area contributed by atoms with E-state index in [9.17, 15) is 4.79 Å². The number of amides is 1. The Hall–Kier alpha value is -1.08. The van der Waals surface area contributed by atoms with Crippen LogP contribution < -0.4 is 5.32 Å². The molecule has 1 N–H and O–H groups in total. The third-order valence-corrected chi connectivity index (χ3v) is 2.87. The molecule has 0 aliphatic rings. The van der Waals surface area contributed by atoms with Crippen LogP contribution in [0.2, 0.25) is 0 Å². The summed E-state index contributed by atoms with van der Waals surface area (Å²) < 4.78 is 0. The maximum absolute atomic E-state index is 11.9. The lowest BCUT2D eigenvalue weighted by Crippen LogP contribution is -2.48. The maximum atomic E-state index is 11.9. The van der Waals surface area contributed by atoms with Gasteiger partial charge in [-0.1, -0.05) is 19.8 Å². The first-order valence-electron chi connectivity index (χ1n) is 6.45. The van der Waals surface area contributed by atoms with Crippen molar-refractivity contribution in [3.63, 3.8) is 0 Å². The summed E-state index contributed by atoms with van der Waals surface area (Å²) in [5.41, 5.74) is 0. The summed E-state index contributed by atoms with van der Waals surface area (Å²) in [7, 11) is 0. The molecule has 17 heavy (non-hydrogen) atoms. The van der Waals surface area contributed by atoms with Gasteiger partial charge in [0.25, 0.3) is 0 Å². The molecule has 98 valence electrons. The molecule has 0 heterocycles. The van der Waals surface area contributed by atoms with Crippen molar-refractivity contribution in [1.82, 2.24) is 10.2 Å². The molecule has 0 spiro atoms. The molecule has 1 unspecified atom stereocenters. The first-order valence-corrected chi connectivity index (χ1v) is 6.45. The molecular formula is C13H25N3O. The topological polar surface area (TPSA) is 56.1 Å². The highest BCUT2D eigenvalue weighted by molar-refractivity contribution is 5.81. The van der Waals surface area contributed by atoms with E-state index < -0.39 is 0 Å². The summed E-state index contributed by atoms with van der Waals surface area (Å²) in [6.07, 6.45) is 3.31. The SMILES string of the molecule is CCCCCNC(=O)C(C)N(CC#N)C(C)C. The van der Waals surface area contributed by atoms with Crippen molar-refractivity contribution in [3.05, 3.63) is 0 Å². The van der Waals surface area contributed by atoms with Crippen LogP contribution in [0.5, 0.6) is 0 Å². The molecule has 0 saturated carbocycles. The number of carbonyl (C=O) groups excluding carboxylic acids is 1. The third kappa shape index (κ3) is 6.28. The fourth-order valence-electron chi connectivity index (χ4n) is 1.73. The molecule has 4 heteroatoms. The van der Waals surface area contributed by atoms with Gasteiger partial charge in [-0.15, -0.1) is 0 Å². The van der Waals surface area contributed by atoms with E-state index in [1.54, 1.807) is 0 Å². The standard InChI is InChI=1S/C13H25N3O/c1-5-6-7-9-15-13(17)12(4)16(10-8-14)11(2)3/h11-12H,5-7,9-10H2,1-4H3,(H,15,17). The van der Waals surface area contributed by atoms with E-state index >= 15 is 0 Å². The molecule has 0 aliphatic carbocycles. The zero-order valence-corrected chi connectivity index (χ0v) is 11.5. The molecule has 0 saturated heterocycles. The van der Waals surface area contributed by atoms with Gasteiger partial charge in [0.2, 0.25) is 5.91 Å². The highest BCUT2D eigenvalue weighted by Crippen LogP contribution is 2.05. The van der Waals surface area contributed by atoms with Gasteiger partial charge in [-0.2, -0.15) is 5.26 Å². The number of carbonyl (C=O) groups is 1. The zero-order valence-electron chi connectivity index (χ0n) is 11.5. The Labute approximate surface area is 105 Å². The predicted octanol–water partition coefficient (Wildman–Crippen LogP) is 1.92. The van der Waals surface area contributed by atoms with Gasteiger partial charge < -0.3 is 5.32 Å². The van der Waals surface area contributed by atoms with Gasteiger partial charge in [-0.25, -0.2) is 0 Å². The van der Waals surface area contributed by atoms with Gasteiger partial charge >= 0.3 is 0 Å². The van der Waals surface area contributed by atoms with E-state index in [0.29, 0.717) is 6.54 Å². The van der Waals surface area contributed by atoms with Gasteiger partial charge in [0.15, 0.2) is 0 Å². The fraction of sp³-hybridized carbons (Fsp3) is 0.846. The lowest BCUT2D eigenvalue weighted by molar-refractivity contribution is -0.126. The number of nitriles is 1. The highest BCUT2D eigenvalue weighted by atomic mass is 16.2. The van der Waals surface area contributed by atoms with Crippen molar-refractivity contribution in [1.29, 1.82) is 5.26 Å². The molecule has 0 aliphatic heterocycles. The normalized spacial score (nSPS) is 12.5. The number of nitrogens with zero attached hydrogens (tertiary/aromatic N) is 2. The fourth-order valence-corrected chi connectivity index (χ4v) is 1.73. The summed E-state index contributed by atoms with van der Waals surface area (Å²) in [6.45, 7) is 9.01. The number of hydrogen-bond acceptors (Lipinski definition) is 3. The lowest BCUT2D eigenvalue weighted by Gasteiger charge is -2.29. The molecule has 0 aromatic heterocycles. The molecule has 0 rings (SSSR count). The van der Waals surface area contributed by atoms with Crippen molar-refractivity contribution in [2.75, 3.05) is 13.1 Å². The van der Waals surface area contributed by atoms with Gasteiger partial charge in [0, 0.05) is 12.6 Å². The number of hydrogen-bond donors (Lipinski definition) is 1. The van der Waals surface area contributed by atoms with Gasteiger partial charge in [0.05, 0.1) is 18.7 Å². The van der Waals surface area contributed by atoms with E-state index in [1.165, 1.54) is 0 Å². The Morgan fingerprint density at radius 2 is 2.00 bits per heavy atom. The Bertz CT molecular complexity index is 258. The molecule has 0 radical (unpaired) electrons. The Morgan fingerprint density at radius 1 is 1.35 bits per heavy atom. The highest BCUT2D eigenvalue weighted by Gasteiger charge is 2.22. The van der Waals surface area contributed by atoms with Crippen molar-refractivity contribution in [2.24, 2.45) is 0 Å². The number of nitrogens with one attached hydrogen (secondary N) is 1. The monoisotopic (exact) mass is 239 g/mol. The van der Waals surface area contributed by atoms with E-state index in [0.717, 1.165) is 25.8 Å². The van der Waals surface area contributed by atoms with Crippen LogP contribution >= 0.6 is 0 Å². The summed E-state index contributed by atoms with van der Waals surface area (Å²) in [5, 5.41) is 11.7. The Balaban J connectivity index is 4.12. The molecule has 0 fully saturated rings. The summed E-state index contributed by atoms with van der Waals surface area (Å²) >= 11 is 0. The summed E-state index contributed by atoms with van der Waals surface area (Å²) in [6, 6.07) is 2.07. The van der Waals surface area contributed by atoms with Crippen molar-refractivity contribution in [2.45, 2.75) is 59.0 Å². The minimum absolute atomic E-state index is 0.0186. The minimum Gasteiger partial charge on any atom is -0.355 e. The number of unbranched alkanes of at least 4 members (excludes halogenated alkanes) is 2. The van der Waals surface area contributed by atoms with E-state index in [1.807, 2.05) is 25.7 Å². The predicted molar refractivity (Wildman–Crippen MR) is 69.5 cm³/mol. The molecule has 0 aromatic rings. The maximum Gasteiger partial charge on any atom is 0.237 e. The average Bonchev–Trinajstić information content (AvgIpc) is 2.30. The second kappa shape index (κ2) is 9.00. The van der Waals surface area contributed by atoms with Crippen LogP contribution in [0.25, 0.3) is 0 Å². The number of rotatable bonds is 8. The largest absolute Gasteiger partial charge is 0.355 e.